The summed E-state index contributed by atoms with van der Waals surface area (Å²) in [7, 11) is 4.96. The quantitative estimate of drug-likeness (QED) is 0.663. The number of aromatic nitrogens is 2. The number of aryl methyl sites for hydroxylation is 1. The zero-order chi connectivity index (χ0) is 25.5. The number of nitrogens with zero attached hydrogens (tertiary/aromatic N) is 6. The smallest absolute Gasteiger partial charge is 0.359 e. The SMILES string of the molecule is CN(C)C(=O)C1CC2(CCN(C(=O)c3ccnn3C)CC2)CN1c1ccc(C#N)c(C(F)(F)F)c1. The maximum atomic E-state index is 13.6. The summed E-state index contributed by atoms with van der Waals surface area (Å²) < 4.78 is 42.4. The summed E-state index contributed by atoms with van der Waals surface area (Å²) in [6.45, 7) is 1.37. The van der Waals surface area contributed by atoms with Crippen molar-refractivity contribution in [1.82, 2.24) is 19.6 Å². The van der Waals surface area contributed by atoms with Gasteiger partial charge in [-0.3, -0.25) is 14.3 Å². The van der Waals surface area contributed by atoms with Gasteiger partial charge in [0.2, 0.25) is 5.91 Å². The molecule has 2 saturated heterocycles. The van der Waals surface area contributed by atoms with Crippen molar-refractivity contribution in [1.29, 1.82) is 5.26 Å². The Hall–Kier alpha value is -3.55. The van der Waals surface area contributed by atoms with Gasteiger partial charge in [0.1, 0.15) is 11.7 Å². The zero-order valence-corrected chi connectivity index (χ0v) is 19.8. The average Bonchev–Trinajstić information content (AvgIpc) is 3.41. The van der Waals surface area contributed by atoms with Crippen LogP contribution in [0, 0.1) is 16.7 Å². The summed E-state index contributed by atoms with van der Waals surface area (Å²) in [5.41, 5.74) is -1.02. The standard InChI is InChI=1S/C24H27F3N6O2/c1-30(2)21(34)20-13-23(7-10-32(11-8-23)22(35)19-6-9-29-31(19)3)15-33(20)17-5-4-16(14-28)18(12-17)24(25,26)27/h4-6,9,12,20H,7-8,10-11,13,15H2,1-3H3. The first kappa shape index (κ1) is 24.6. The van der Waals surface area contributed by atoms with Gasteiger partial charge in [-0.05, 0) is 48.9 Å². The first-order chi connectivity index (χ1) is 16.5. The van der Waals surface area contributed by atoms with Crippen LogP contribution in [0.15, 0.2) is 30.5 Å². The molecule has 1 atom stereocenters. The maximum absolute atomic E-state index is 13.6. The number of benzene rings is 1. The van der Waals surface area contributed by atoms with E-state index in [1.165, 1.54) is 15.6 Å². The molecule has 0 saturated carbocycles. The first-order valence-electron chi connectivity index (χ1n) is 11.3. The van der Waals surface area contributed by atoms with Gasteiger partial charge in [-0.25, -0.2) is 0 Å². The summed E-state index contributed by atoms with van der Waals surface area (Å²) >= 11 is 0. The Kier molecular flexibility index (Phi) is 6.25. The van der Waals surface area contributed by atoms with Crippen molar-refractivity contribution in [2.45, 2.75) is 31.5 Å². The molecule has 3 heterocycles. The van der Waals surface area contributed by atoms with Crippen LogP contribution in [0.1, 0.15) is 40.9 Å². The van der Waals surface area contributed by atoms with Gasteiger partial charge < -0.3 is 14.7 Å². The van der Waals surface area contributed by atoms with Crippen molar-refractivity contribution < 1.29 is 22.8 Å². The number of anilines is 1. The fourth-order valence-electron chi connectivity index (χ4n) is 5.18. The lowest BCUT2D eigenvalue weighted by Gasteiger charge is -2.39. The highest BCUT2D eigenvalue weighted by molar-refractivity contribution is 5.92. The van der Waals surface area contributed by atoms with Crippen LogP contribution >= 0.6 is 0 Å². The van der Waals surface area contributed by atoms with E-state index in [1.807, 2.05) is 0 Å². The lowest BCUT2D eigenvalue weighted by molar-refractivity contribution is -0.137. The molecule has 0 aliphatic carbocycles. The van der Waals surface area contributed by atoms with Gasteiger partial charge in [0, 0.05) is 52.7 Å². The van der Waals surface area contributed by atoms with E-state index in [4.69, 9.17) is 5.26 Å². The molecular formula is C24H27F3N6O2. The van der Waals surface area contributed by atoms with Gasteiger partial charge in [0.25, 0.3) is 5.91 Å². The lowest BCUT2D eigenvalue weighted by Crippen LogP contribution is -2.44. The van der Waals surface area contributed by atoms with Gasteiger partial charge in [0.05, 0.1) is 17.2 Å². The summed E-state index contributed by atoms with van der Waals surface area (Å²) in [5.74, 6) is -0.300. The number of alkyl halides is 3. The predicted molar refractivity (Wildman–Crippen MR) is 121 cm³/mol. The van der Waals surface area contributed by atoms with E-state index < -0.39 is 23.3 Å². The molecule has 1 aromatic heterocycles. The molecule has 0 radical (unpaired) electrons. The molecule has 2 aromatic rings. The molecule has 2 fully saturated rings. The molecule has 1 unspecified atom stereocenters. The average molecular weight is 489 g/mol. The van der Waals surface area contributed by atoms with E-state index in [0.29, 0.717) is 44.6 Å². The summed E-state index contributed by atoms with van der Waals surface area (Å²) in [4.78, 5) is 30.9. The molecule has 1 aromatic carbocycles. The van der Waals surface area contributed by atoms with E-state index in [-0.39, 0.29) is 22.9 Å². The Balaban J connectivity index is 1.60. The van der Waals surface area contributed by atoms with Crippen LogP contribution in [0.5, 0.6) is 0 Å². The Bertz CT molecular complexity index is 1170. The number of likely N-dealkylation sites (N-methyl/N-ethyl adjacent to an activating group) is 1. The molecule has 0 bridgehead atoms. The highest BCUT2D eigenvalue weighted by Crippen LogP contribution is 2.46. The number of hydrogen-bond acceptors (Lipinski definition) is 5. The molecule has 4 rings (SSSR count). The van der Waals surface area contributed by atoms with Crippen LogP contribution in [-0.4, -0.2) is 71.2 Å². The molecule has 2 aliphatic heterocycles. The van der Waals surface area contributed by atoms with E-state index in [2.05, 4.69) is 5.10 Å². The Morgan fingerprint density at radius 2 is 1.89 bits per heavy atom. The second kappa shape index (κ2) is 8.91. The molecule has 0 N–H and O–H groups in total. The highest BCUT2D eigenvalue weighted by Gasteiger charge is 2.49. The Morgan fingerprint density at radius 3 is 2.43 bits per heavy atom. The van der Waals surface area contributed by atoms with Gasteiger partial charge in [-0.2, -0.15) is 23.5 Å². The molecular weight excluding hydrogens is 461 g/mol. The van der Waals surface area contributed by atoms with Crippen molar-refractivity contribution in [3.05, 3.63) is 47.3 Å². The number of halogens is 3. The van der Waals surface area contributed by atoms with Crippen molar-refractivity contribution in [2.75, 3.05) is 38.6 Å². The van der Waals surface area contributed by atoms with Crippen LogP contribution in [0.25, 0.3) is 0 Å². The van der Waals surface area contributed by atoms with Crippen molar-refractivity contribution in [3.63, 3.8) is 0 Å². The van der Waals surface area contributed by atoms with Crippen molar-refractivity contribution in [3.8, 4) is 6.07 Å². The Morgan fingerprint density at radius 1 is 1.20 bits per heavy atom. The number of rotatable bonds is 3. The summed E-state index contributed by atoms with van der Waals surface area (Å²) in [5, 5.41) is 13.2. The third-order valence-corrected chi connectivity index (χ3v) is 7.15. The van der Waals surface area contributed by atoms with Gasteiger partial charge in [-0.15, -0.1) is 0 Å². The molecule has 2 amide bonds. The second-order valence-corrected chi connectivity index (χ2v) is 9.55. The minimum atomic E-state index is -4.68. The van der Waals surface area contributed by atoms with Crippen LogP contribution in [0.3, 0.4) is 0 Å². The lowest BCUT2D eigenvalue weighted by atomic mass is 9.76. The van der Waals surface area contributed by atoms with Gasteiger partial charge in [-0.1, -0.05) is 0 Å². The predicted octanol–water partition coefficient (Wildman–Crippen LogP) is 2.90. The molecule has 186 valence electrons. The molecule has 1 spiro atoms. The minimum Gasteiger partial charge on any atom is -0.359 e. The third-order valence-electron chi connectivity index (χ3n) is 7.15. The van der Waals surface area contributed by atoms with E-state index in [9.17, 15) is 22.8 Å². The maximum Gasteiger partial charge on any atom is 0.417 e. The zero-order valence-electron chi connectivity index (χ0n) is 19.8. The molecule has 2 aliphatic rings. The number of likely N-dealkylation sites (tertiary alicyclic amines) is 1. The van der Waals surface area contributed by atoms with Crippen LogP contribution in [0.4, 0.5) is 18.9 Å². The van der Waals surface area contributed by atoms with Gasteiger partial charge in [0.15, 0.2) is 0 Å². The van der Waals surface area contributed by atoms with Crippen molar-refractivity contribution in [2.24, 2.45) is 12.5 Å². The number of nitriles is 1. The van der Waals surface area contributed by atoms with Crippen LogP contribution in [-0.2, 0) is 18.0 Å². The molecule has 8 nitrogen and oxygen atoms in total. The normalized spacial score (nSPS) is 19.6. The summed E-state index contributed by atoms with van der Waals surface area (Å²) in [6.07, 6.45) is -1.37. The fraction of sp³-hybridized carbons (Fsp3) is 0.500. The Labute approximate surface area is 201 Å². The topological polar surface area (TPSA) is 85.5 Å². The number of hydrogen-bond donors (Lipinski definition) is 0. The van der Waals surface area contributed by atoms with Gasteiger partial charge >= 0.3 is 6.18 Å². The monoisotopic (exact) mass is 488 g/mol. The number of carbonyl (C=O) groups is 2. The van der Waals surface area contributed by atoms with Crippen molar-refractivity contribution >= 4 is 17.5 Å². The van der Waals surface area contributed by atoms with E-state index in [0.717, 1.165) is 12.1 Å². The van der Waals surface area contributed by atoms with Crippen LogP contribution < -0.4 is 4.90 Å². The van der Waals surface area contributed by atoms with E-state index in [1.54, 1.807) is 49.3 Å². The number of carbonyl (C=O) groups excluding carboxylic acids is 2. The third kappa shape index (κ3) is 4.57. The van der Waals surface area contributed by atoms with E-state index >= 15 is 0 Å². The molecule has 11 heteroatoms. The second-order valence-electron chi connectivity index (χ2n) is 9.55. The summed E-state index contributed by atoms with van der Waals surface area (Å²) in [6, 6.07) is 6.25. The fourth-order valence-corrected chi connectivity index (χ4v) is 5.18. The highest BCUT2D eigenvalue weighted by atomic mass is 19.4. The molecule has 35 heavy (non-hydrogen) atoms. The minimum absolute atomic E-state index is 0.113. The first-order valence-corrected chi connectivity index (χ1v) is 11.3. The largest absolute Gasteiger partial charge is 0.417 e. The number of amides is 2. The number of piperidine rings is 1. The van der Waals surface area contributed by atoms with Crippen LogP contribution in [0.2, 0.25) is 0 Å².